The molecule has 0 saturated heterocycles. The molecular weight excluding hydrogens is 184 g/mol. The monoisotopic (exact) mass is 190 g/mol. The van der Waals surface area contributed by atoms with Crippen LogP contribution < -0.4 is 0 Å². The summed E-state index contributed by atoms with van der Waals surface area (Å²) in [5, 5.41) is 10.9. The molecule has 0 aliphatic rings. The standard InChI is InChI=1S/C5H6N2O4S/c1-7-2-3(5(8)9)4(6-7)12(10)11/h2,6H,1H3,(H,8,9). The Balaban J connectivity index is 3.72. The number of H-pyrrole nitrogens is 1. The summed E-state index contributed by atoms with van der Waals surface area (Å²) in [6.07, 6.45) is 1.19. The van der Waals surface area contributed by atoms with E-state index in [2.05, 4.69) is 5.10 Å². The first kappa shape index (κ1) is 8.60. The van der Waals surface area contributed by atoms with E-state index in [-0.39, 0.29) is 10.2 Å². The van der Waals surface area contributed by atoms with Crippen LogP contribution in [0.1, 0.15) is 10.4 Å². The first-order valence-corrected chi connectivity index (χ1v) is 4.01. The number of hydrogen-bond donors (Lipinski definition) is 2. The molecule has 66 valence electrons. The van der Waals surface area contributed by atoms with Gasteiger partial charge in [0, 0.05) is 13.2 Å². The molecule has 1 heterocycles. The van der Waals surface area contributed by atoms with Crippen molar-refractivity contribution in [2.45, 2.75) is 0 Å². The molecular formula is C5H6N2O4S. The minimum atomic E-state index is -2.55. The summed E-state index contributed by atoms with van der Waals surface area (Å²) < 4.78 is 21.8. The molecule has 0 radical (unpaired) electrons. The third-order valence-corrected chi connectivity index (χ3v) is 1.89. The van der Waals surface area contributed by atoms with Crippen LogP contribution in [0, 0.1) is 4.64 Å². The number of aromatic carboxylic acids is 1. The van der Waals surface area contributed by atoms with Gasteiger partial charge in [-0.1, -0.05) is 0 Å². The number of nitrogens with zero attached hydrogens (tertiary/aromatic N) is 1. The minimum absolute atomic E-state index is 0.258. The van der Waals surface area contributed by atoms with Crippen LogP contribution in [0.4, 0.5) is 0 Å². The van der Waals surface area contributed by atoms with Crippen molar-refractivity contribution >= 4 is 16.3 Å². The van der Waals surface area contributed by atoms with Gasteiger partial charge in [0.25, 0.3) is 0 Å². The Morgan fingerprint density at radius 1 is 1.67 bits per heavy atom. The molecule has 6 nitrogen and oxygen atoms in total. The highest BCUT2D eigenvalue weighted by atomic mass is 32.2. The lowest BCUT2D eigenvalue weighted by Crippen LogP contribution is -1.95. The Morgan fingerprint density at radius 2 is 2.25 bits per heavy atom. The molecule has 0 unspecified atom stereocenters. The molecule has 0 spiro atoms. The highest BCUT2D eigenvalue weighted by Gasteiger charge is 2.08. The van der Waals surface area contributed by atoms with E-state index in [9.17, 15) is 13.2 Å². The van der Waals surface area contributed by atoms with E-state index in [4.69, 9.17) is 5.11 Å². The number of nitrogens with one attached hydrogen (secondary N) is 1. The van der Waals surface area contributed by atoms with Gasteiger partial charge in [-0.05, 0) is 0 Å². The lowest BCUT2D eigenvalue weighted by Gasteiger charge is -1.82. The maximum atomic E-state index is 10.4. The quantitative estimate of drug-likeness (QED) is 0.582. The Bertz CT molecular complexity index is 470. The van der Waals surface area contributed by atoms with Crippen LogP contribution in [-0.2, 0) is 17.3 Å². The van der Waals surface area contributed by atoms with Crippen LogP contribution in [-0.4, -0.2) is 29.3 Å². The fraction of sp³-hybridized carbons (Fsp3) is 0.200. The largest absolute Gasteiger partial charge is 0.478 e. The number of hydrogen-bond acceptors (Lipinski definition) is 3. The third-order valence-electron chi connectivity index (χ3n) is 1.24. The van der Waals surface area contributed by atoms with Gasteiger partial charge in [0.2, 0.25) is 10.3 Å². The topological polar surface area (TPSA) is 92.2 Å². The third kappa shape index (κ3) is 1.40. The van der Waals surface area contributed by atoms with Crippen molar-refractivity contribution in [2.75, 3.05) is 0 Å². The molecule has 0 atom stereocenters. The van der Waals surface area contributed by atoms with Crippen LogP contribution in [0.2, 0.25) is 0 Å². The van der Waals surface area contributed by atoms with E-state index in [1.807, 2.05) is 0 Å². The molecule has 0 bridgehead atoms. The Labute approximate surface area is 68.6 Å². The number of aromatic amines is 1. The molecule has 1 aromatic rings. The number of aromatic nitrogens is 2. The summed E-state index contributed by atoms with van der Waals surface area (Å²) in [6, 6.07) is 0. The van der Waals surface area contributed by atoms with E-state index in [0.717, 1.165) is 0 Å². The lowest BCUT2D eigenvalue weighted by atomic mass is 10.4. The number of rotatable bonds is 1. The van der Waals surface area contributed by atoms with E-state index >= 15 is 0 Å². The van der Waals surface area contributed by atoms with Gasteiger partial charge in [-0.15, -0.1) is 0 Å². The average molecular weight is 190 g/mol. The number of carbonyl (C=O) groups is 1. The average Bonchev–Trinajstić information content (AvgIpc) is 2.31. The highest BCUT2D eigenvalue weighted by Crippen LogP contribution is 1.97. The van der Waals surface area contributed by atoms with Crippen LogP contribution in [0.25, 0.3) is 0 Å². The highest BCUT2D eigenvalue weighted by molar-refractivity contribution is 7.63. The van der Waals surface area contributed by atoms with Gasteiger partial charge >= 0.3 is 5.97 Å². The Hall–Kier alpha value is -1.50. The van der Waals surface area contributed by atoms with Gasteiger partial charge < -0.3 is 5.11 Å². The molecule has 12 heavy (non-hydrogen) atoms. The normalized spacial score (nSPS) is 9.75. The van der Waals surface area contributed by atoms with Crippen molar-refractivity contribution in [1.29, 1.82) is 0 Å². The van der Waals surface area contributed by atoms with Gasteiger partial charge in [-0.3, -0.25) is 9.78 Å². The van der Waals surface area contributed by atoms with Gasteiger partial charge in [0.15, 0.2) is 4.64 Å². The van der Waals surface area contributed by atoms with Crippen molar-refractivity contribution in [3.63, 3.8) is 0 Å². The van der Waals surface area contributed by atoms with Crippen LogP contribution in [0.15, 0.2) is 6.20 Å². The number of carboxylic acids is 1. The molecule has 0 amide bonds. The van der Waals surface area contributed by atoms with Crippen molar-refractivity contribution in [1.82, 2.24) is 9.78 Å². The van der Waals surface area contributed by atoms with Gasteiger partial charge in [-0.25, -0.2) is 4.79 Å². The molecule has 1 rings (SSSR count). The minimum Gasteiger partial charge on any atom is -0.478 e. The first-order valence-electron chi connectivity index (χ1n) is 2.93. The second-order valence-corrected chi connectivity index (χ2v) is 3.01. The molecule has 0 aliphatic heterocycles. The van der Waals surface area contributed by atoms with Crippen molar-refractivity contribution in [3.05, 3.63) is 16.4 Å². The molecule has 0 aliphatic carbocycles. The van der Waals surface area contributed by atoms with Crippen LogP contribution in [0.3, 0.4) is 0 Å². The Morgan fingerprint density at radius 3 is 2.58 bits per heavy atom. The second-order valence-electron chi connectivity index (χ2n) is 2.13. The van der Waals surface area contributed by atoms with Crippen molar-refractivity contribution in [2.24, 2.45) is 7.05 Å². The van der Waals surface area contributed by atoms with Crippen LogP contribution in [0.5, 0.6) is 0 Å². The maximum absolute atomic E-state index is 10.4. The fourth-order valence-corrected chi connectivity index (χ4v) is 1.32. The van der Waals surface area contributed by atoms with E-state index in [1.54, 1.807) is 0 Å². The predicted octanol–water partition coefficient (Wildman–Crippen LogP) is -0.538. The summed E-state index contributed by atoms with van der Waals surface area (Å²) in [7, 11) is -1.04. The summed E-state index contributed by atoms with van der Waals surface area (Å²) in [4.78, 5) is 10.4. The van der Waals surface area contributed by atoms with E-state index in [0.29, 0.717) is 0 Å². The Kier molecular flexibility index (Phi) is 2.05. The van der Waals surface area contributed by atoms with Gasteiger partial charge in [0.05, 0.1) is 0 Å². The maximum Gasteiger partial charge on any atom is 0.340 e. The smallest absolute Gasteiger partial charge is 0.340 e. The van der Waals surface area contributed by atoms with Gasteiger partial charge in [-0.2, -0.15) is 8.42 Å². The number of carboxylic acid groups (broad SMARTS) is 1. The molecule has 0 aromatic carbocycles. The first-order chi connectivity index (χ1) is 5.52. The molecule has 0 saturated carbocycles. The van der Waals surface area contributed by atoms with Gasteiger partial charge in [0.1, 0.15) is 5.56 Å². The van der Waals surface area contributed by atoms with Crippen molar-refractivity contribution < 1.29 is 18.3 Å². The predicted molar refractivity (Wildman–Crippen MR) is 38.9 cm³/mol. The summed E-state index contributed by atoms with van der Waals surface area (Å²) in [6.45, 7) is 0. The zero-order valence-electron chi connectivity index (χ0n) is 6.10. The van der Waals surface area contributed by atoms with Crippen molar-refractivity contribution in [3.8, 4) is 0 Å². The summed E-state index contributed by atoms with van der Waals surface area (Å²) >= 11 is 0. The van der Waals surface area contributed by atoms with E-state index < -0.39 is 16.3 Å². The molecule has 2 N–H and O–H groups in total. The van der Waals surface area contributed by atoms with Crippen LogP contribution >= 0.6 is 0 Å². The summed E-state index contributed by atoms with van der Waals surface area (Å²) in [5.74, 6) is -1.27. The SMILES string of the molecule is Cn1cc(C(=O)O)c(=S(=O)=O)[nH]1. The molecule has 7 heteroatoms. The zero-order chi connectivity index (χ0) is 9.30. The molecule has 0 fully saturated rings. The molecule has 1 aromatic heterocycles. The van der Waals surface area contributed by atoms with E-state index in [1.165, 1.54) is 17.9 Å². The fourth-order valence-electron chi connectivity index (χ4n) is 0.784. The second kappa shape index (κ2) is 2.86. The number of aryl methyl sites for hydroxylation is 1. The summed E-state index contributed by atoms with van der Waals surface area (Å²) in [5.41, 5.74) is -0.258. The zero-order valence-corrected chi connectivity index (χ0v) is 6.92. The lowest BCUT2D eigenvalue weighted by molar-refractivity contribution is 0.0696.